The van der Waals surface area contributed by atoms with Gasteiger partial charge in [0.05, 0.1) is 5.69 Å². The monoisotopic (exact) mass is 273 g/mol. The molecule has 0 radical (unpaired) electrons. The number of nitrogens with one attached hydrogen (secondary N) is 1. The zero-order valence-corrected chi connectivity index (χ0v) is 12.0. The SMILES string of the molecule is CCc1nn(C)cc1-c1cc(F)ccc1CNC1CC1. The van der Waals surface area contributed by atoms with Crippen LogP contribution in [0.15, 0.2) is 24.4 Å². The van der Waals surface area contributed by atoms with Crippen molar-refractivity contribution in [2.45, 2.75) is 38.8 Å². The van der Waals surface area contributed by atoms with E-state index in [-0.39, 0.29) is 5.82 Å². The molecule has 1 fully saturated rings. The number of aryl methyl sites for hydroxylation is 2. The van der Waals surface area contributed by atoms with E-state index in [9.17, 15) is 4.39 Å². The highest BCUT2D eigenvalue weighted by molar-refractivity contribution is 5.69. The minimum Gasteiger partial charge on any atom is -0.310 e. The maximum Gasteiger partial charge on any atom is 0.123 e. The topological polar surface area (TPSA) is 29.9 Å². The summed E-state index contributed by atoms with van der Waals surface area (Å²) in [5.41, 5.74) is 4.16. The van der Waals surface area contributed by atoms with Crippen molar-refractivity contribution in [1.29, 1.82) is 0 Å². The molecule has 1 aromatic carbocycles. The molecule has 0 aliphatic heterocycles. The highest BCUT2D eigenvalue weighted by Gasteiger charge is 2.21. The second-order valence-corrected chi connectivity index (χ2v) is 5.47. The number of hydrogen-bond donors (Lipinski definition) is 1. The Bertz CT molecular complexity index is 614. The Kier molecular flexibility index (Phi) is 3.57. The molecule has 1 aliphatic rings. The second kappa shape index (κ2) is 5.37. The summed E-state index contributed by atoms with van der Waals surface area (Å²) in [6.45, 7) is 2.87. The van der Waals surface area contributed by atoms with Crippen LogP contribution in [0, 0.1) is 5.82 Å². The predicted octanol–water partition coefficient (Wildman–Crippen LogP) is 3.04. The second-order valence-electron chi connectivity index (χ2n) is 5.47. The average molecular weight is 273 g/mol. The lowest BCUT2D eigenvalue weighted by atomic mass is 9.99. The minimum atomic E-state index is -0.193. The first kappa shape index (κ1) is 13.3. The first-order valence-electron chi connectivity index (χ1n) is 7.22. The standard InChI is InChI=1S/C16H20FN3/c1-3-16-15(10-20(2)19-16)14-8-12(17)5-4-11(14)9-18-13-6-7-13/h4-5,8,10,13,18H,3,6-7,9H2,1-2H3. The van der Waals surface area contributed by atoms with E-state index in [0.29, 0.717) is 6.04 Å². The normalized spacial score (nSPS) is 14.8. The Balaban J connectivity index is 1.98. The van der Waals surface area contributed by atoms with Crippen LogP contribution < -0.4 is 5.32 Å². The summed E-state index contributed by atoms with van der Waals surface area (Å²) in [5, 5.41) is 7.95. The molecule has 1 saturated carbocycles. The van der Waals surface area contributed by atoms with E-state index in [1.54, 1.807) is 10.7 Å². The van der Waals surface area contributed by atoms with Gasteiger partial charge in [-0.3, -0.25) is 4.68 Å². The quantitative estimate of drug-likeness (QED) is 0.907. The van der Waals surface area contributed by atoms with E-state index >= 15 is 0 Å². The summed E-state index contributed by atoms with van der Waals surface area (Å²) < 4.78 is 15.4. The van der Waals surface area contributed by atoms with E-state index in [0.717, 1.165) is 35.3 Å². The number of rotatable bonds is 5. The van der Waals surface area contributed by atoms with Gasteiger partial charge in [-0.05, 0) is 42.5 Å². The molecular weight excluding hydrogens is 253 g/mol. The van der Waals surface area contributed by atoms with Crippen LogP contribution in [0.1, 0.15) is 31.0 Å². The van der Waals surface area contributed by atoms with E-state index in [4.69, 9.17) is 0 Å². The van der Waals surface area contributed by atoms with Gasteiger partial charge in [0.25, 0.3) is 0 Å². The maximum absolute atomic E-state index is 13.6. The van der Waals surface area contributed by atoms with Gasteiger partial charge in [0.15, 0.2) is 0 Å². The van der Waals surface area contributed by atoms with Crippen molar-refractivity contribution >= 4 is 0 Å². The molecule has 106 valence electrons. The van der Waals surface area contributed by atoms with Gasteiger partial charge in [-0.1, -0.05) is 13.0 Å². The van der Waals surface area contributed by atoms with Crippen molar-refractivity contribution in [3.8, 4) is 11.1 Å². The molecule has 3 rings (SSSR count). The first-order chi connectivity index (χ1) is 9.67. The molecule has 1 heterocycles. The lowest BCUT2D eigenvalue weighted by molar-refractivity contribution is 0.625. The van der Waals surface area contributed by atoms with Crippen molar-refractivity contribution < 1.29 is 4.39 Å². The van der Waals surface area contributed by atoms with Gasteiger partial charge in [-0.2, -0.15) is 5.10 Å². The predicted molar refractivity (Wildman–Crippen MR) is 77.8 cm³/mol. The summed E-state index contributed by atoms with van der Waals surface area (Å²) in [4.78, 5) is 0. The van der Waals surface area contributed by atoms with Gasteiger partial charge in [0, 0.05) is 31.4 Å². The zero-order valence-electron chi connectivity index (χ0n) is 12.0. The van der Waals surface area contributed by atoms with Crippen LogP contribution in [-0.2, 0) is 20.0 Å². The van der Waals surface area contributed by atoms with Crippen molar-refractivity contribution in [3.05, 3.63) is 41.5 Å². The molecule has 1 N–H and O–H groups in total. The number of nitrogens with zero attached hydrogens (tertiary/aromatic N) is 2. The summed E-state index contributed by atoms with van der Waals surface area (Å²) in [7, 11) is 1.91. The number of aromatic nitrogens is 2. The van der Waals surface area contributed by atoms with Crippen LogP contribution in [0.4, 0.5) is 4.39 Å². The Morgan fingerprint density at radius 2 is 2.15 bits per heavy atom. The fraction of sp³-hybridized carbons (Fsp3) is 0.438. The average Bonchev–Trinajstić information content (AvgIpc) is 3.18. The van der Waals surface area contributed by atoms with Crippen LogP contribution in [0.5, 0.6) is 0 Å². The molecule has 4 heteroatoms. The van der Waals surface area contributed by atoms with E-state index in [1.807, 2.05) is 19.3 Å². The Hall–Kier alpha value is -1.68. The van der Waals surface area contributed by atoms with Crippen LogP contribution >= 0.6 is 0 Å². The van der Waals surface area contributed by atoms with E-state index < -0.39 is 0 Å². The molecule has 0 unspecified atom stereocenters. The molecule has 0 spiro atoms. The molecule has 0 amide bonds. The third-order valence-corrected chi connectivity index (χ3v) is 3.76. The Morgan fingerprint density at radius 3 is 2.85 bits per heavy atom. The van der Waals surface area contributed by atoms with Gasteiger partial charge >= 0.3 is 0 Å². The van der Waals surface area contributed by atoms with E-state index in [1.165, 1.54) is 18.9 Å². The molecule has 1 aromatic heterocycles. The molecule has 0 bridgehead atoms. The lowest BCUT2D eigenvalue weighted by Gasteiger charge is -2.10. The van der Waals surface area contributed by atoms with E-state index in [2.05, 4.69) is 17.3 Å². The minimum absolute atomic E-state index is 0.193. The van der Waals surface area contributed by atoms with Crippen LogP contribution in [-0.4, -0.2) is 15.8 Å². The molecular formula is C16H20FN3. The molecule has 1 aliphatic carbocycles. The molecule has 0 saturated heterocycles. The van der Waals surface area contributed by atoms with Gasteiger partial charge in [-0.15, -0.1) is 0 Å². The van der Waals surface area contributed by atoms with Gasteiger partial charge < -0.3 is 5.32 Å². The van der Waals surface area contributed by atoms with Crippen LogP contribution in [0.3, 0.4) is 0 Å². The Morgan fingerprint density at radius 1 is 1.35 bits per heavy atom. The van der Waals surface area contributed by atoms with Crippen LogP contribution in [0.25, 0.3) is 11.1 Å². The summed E-state index contributed by atoms with van der Waals surface area (Å²) in [5.74, 6) is -0.193. The number of benzene rings is 1. The van der Waals surface area contributed by atoms with Gasteiger partial charge in [0.2, 0.25) is 0 Å². The highest BCUT2D eigenvalue weighted by Crippen LogP contribution is 2.29. The Labute approximate surface area is 118 Å². The fourth-order valence-corrected chi connectivity index (χ4v) is 2.52. The van der Waals surface area contributed by atoms with Crippen molar-refractivity contribution in [2.24, 2.45) is 7.05 Å². The highest BCUT2D eigenvalue weighted by atomic mass is 19.1. The molecule has 3 nitrogen and oxygen atoms in total. The third kappa shape index (κ3) is 2.75. The number of halogens is 1. The smallest absolute Gasteiger partial charge is 0.123 e. The number of hydrogen-bond acceptors (Lipinski definition) is 2. The summed E-state index contributed by atoms with van der Waals surface area (Å²) in [6.07, 6.45) is 5.34. The summed E-state index contributed by atoms with van der Waals surface area (Å²) >= 11 is 0. The molecule has 2 aromatic rings. The molecule has 20 heavy (non-hydrogen) atoms. The van der Waals surface area contributed by atoms with Crippen molar-refractivity contribution in [1.82, 2.24) is 15.1 Å². The van der Waals surface area contributed by atoms with Gasteiger partial charge in [-0.25, -0.2) is 4.39 Å². The maximum atomic E-state index is 13.6. The third-order valence-electron chi connectivity index (χ3n) is 3.76. The fourth-order valence-electron chi connectivity index (χ4n) is 2.52. The molecule has 0 atom stereocenters. The zero-order chi connectivity index (χ0) is 14.1. The first-order valence-corrected chi connectivity index (χ1v) is 7.22. The lowest BCUT2D eigenvalue weighted by Crippen LogP contribution is -2.16. The largest absolute Gasteiger partial charge is 0.310 e. The van der Waals surface area contributed by atoms with Crippen molar-refractivity contribution in [3.63, 3.8) is 0 Å². The summed E-state index contributed by atoms with van der Waals surface area (Å²) in [6, 6.07) is 5.69. The van der Waals surface area contributed by atoms with Crippen molar-refractivity contribution in [2.75, 3.05) is 0 Å². The van der Waals surface area contributed by atoms with Crippen LogP contribution in [0.2, 0.25) is 0 Å². The van der Waals surface area contributed by atoms with Gasteiger partial charge in [0.1, 0.15) is 5.82 Å².